The topological polar surface area (TPSA) is 66.4 Å². The maximum atomic E-state index is 13.4. The van der Waals surface area contributed by atoms with Gasteiger partial charge >= 0.3 is 5.97 Å². The van der Waals surface area contributed by atoms with E-state index in [4.69, 9.17) is 0 Å². The Morgan fingerprint density at radius 2 is 1.17 bits per heavy atom. The van der Waals surface area contributed by atoms with Crippen molar-refractivity contribution in [1.29, 1.82) is 0 Å². The van der Waals surface area contributed by atoms with Crippen LogP contribution in [0, 0.1) is 18.8 Å². The second-order valence-electron chi connectivity index (χ2n) is 7.96. The molecule has 0 saturated carbocycles. The lowest BCUT2D eigenvalue weighted by Gasteiger charge is -2.48. The van der Waals surface area contributed by atoms with Gasteiger partial charge in [0.25, 0.3) is 0 Å². The highest BCUT2D eigenvalue weighted by molar-refractivity contribution is 5.98. The van der Waals surface area contributed by atoms with E-state index in [0.717, 1.165) is 27.8 Å². The quantitative estimate of drug-likeness (QED) is 0.698. The Labute approximate surface area is 169 Å². The molecule has 3 aromatic rings. The monoisotopic (exact) mass is 383 g/mol. The van der Waals surface area contributed by atoms with Crippen LogP contribution in [0.2, 0.25) is 0 Å². The van der Waals surface area contributed by atoms with Gasteiger partial charge in [0.15, 0.2) is 0 Å². The Bertz CT molecular complexity index is 1070. The molecule has 0 radical (unpaired) electrons. The molecule has 0 unspecified atom stereocenters. The maximum absolute atomic E-state index is 13.4. The normalized spacial score (nSPS) is 23.8. The van der Waals surface area contributed by atoms with E-state index in [1.54, 1.807) is 0 Å². The Morgan fingerprint density at radius 3 is 1.62 bits per heavy atom. The molecule has 0 aromatic heterocycles. The third kappa shape index (κ3) is 2.67. The van der Waals surface area contributed by atoms with Crippen LogP contribution in [0.4, 0.5) is 5.69 Å². The minimum atomic E-state index is -0.923. The Kier molecular flexibility index (Phi) is 4.02. The van der Waals surface area contributed by atoms with Gasteiger partial charge in [-0.05, 0) is 41.3 Å². The Balaban J connectivity index is 1.64. The van der Waals surface area contributed by atoms with Crippen LogP contribution in [-0.2, 0) is 9.59 Å². The van der Waals surface area contributed by atoms with Gasteiger partial charge in [-0.15, -0.1) is 0 Å². The highest BCUT2D eigenvalue weighted by Crippen LogP contribution is 2.58. The van der Waals surface area contributed by atoms with Gasteiger partial charge in [0.05, 0.1) is 11.8 Å². The highest BCUT2D eigenvalue weighted by atomic mass is 16.4. The number of carbonyl (C=O) groups is 2. The average molecular weight is 383 g/mol. The molecule has 1 amide bonds. The third-order valence-corrected chi connectivity index (χ3v) is 6.34. The van der Waals surface area contributed by atoms with Gasteiger partial charge in [0.2, 0.25) is 5.91 Å². The lowest BCUT2D eigenvalue weighted by atomic mass is 9.54. The van der Waals surface area contributed by atoms with Crippen LogP contribution in [0.15, 0.2) is 72.8 Å². The van der Waals surface area contributed by atoms with Crippen molar-refractivity contribution in [2.75, 3.05) is 5.32 Å². The number of benzene rings is 3. The molecule has 0 saturated heterocycles. The zero-order chi connectivity index (χ0) is 20.1. The van der Waals surface area contributed by atoms with Crippen LogP contribution in [0.1, 0.15) is 39.7 Å². The first kappa shape index (κ1) is 17.7. The zero-order valence-electron chi connectivity index (χ0n) is 16.0. The summed E-state index contributed by atoms with van der Waals surface area (Å²) in [6.45, 7) is 1.99. The number of aliphatic carboxylic acids is 1. The van der Waals surface area contributed by atoms with E-state index in [2.05, 4.69) is 5.32 Å². The van der Waals surface area contributed by atoms with Crippen LogP contribution < -0.4 is 5.32 Å². The molecule has 0 heterocycles. The van der Waals surface area contributed by atoms with Crippen molar-refractivity contribution in [3.05, 3.63) is 101 Å². The van der Waals surface area contributed by atoms with Gasteiger partial charge in [-0.1, -0.05) is 66.2 Å². The molecule has 3 aromatic carbocycles. The van der Waals surface area contributed by atoms with E-state index in [-0.39, 0.29) is 17.7 Å². The molecule has 29 heavy (non-hydrogen) atoms. The summed E-state index contributed by atoms with van der Waals surface area (Å²) in [7, 11) is 0. The van der Waals surface area contributed by atoms with E-state index >= 15 is 0 Å². The summed E-state index contributed by atoms with van der Waals surface area (Å²) in [5, 5.41) is 13.1. The van der Waals surface area contributed by atoms with Crippen LogP contribution in [0.25, 0.3) is 0 Å². The van der Waals surface area contributed by atoms with Gasteiger partial charge in [-0.3, -0.25) is 9.59 Å². The molecule has 144 valence electrons. The third-order valence-electron chi connectivity index (χ3n) is 6.34. The number of hydrogen-bond acceptors (Lipinski definition) is 2. The summed E-state index contributed by atoms with van der Waals surface area (Å²) in [4.78, 5) is 25.8. The van der Waals surface area contributed by atoms with Crippen molar-refractivity contribution < 1.29 is 14.7 Å². The molecule has 0 aliphatic heterocycles. The van der Waals surface area contributed by atoms with Crippen LogP contribution in [0.3, 0.4) is 0 Å². The van der Waals surface area contributed by atoms with Gasteiger partial charge in [-0.2, -0.15) is 0 Å². The number of nitrogens with one attached hydrogen (secondary N) is 1. The summed E-state index contributed by atoms with van der Waals surface area (Å²) in [5.41, 5.74) is 5.99. The van der Waals surface area contributed by atoms with Crippen LogP contribution >= 0.6 is 0 Å². The van der Waals surface area contributed by atoms with Crippen molar-refractivity contribution in [3.63, 3.8) is 0 Å². The number of fused-ring (bicyclic) bond motifs is 1. The second-order valence-corrected chi connectivity index (χ2v) is 7.96. The first-order chi connectivity index (χ1) is 14.1. The summed E-state index contributed by atoms with van der Waals surface area (Å²) >= 11 is 0. The van der Waals surface area contributed by atoms with Crippen LogP contribution in [-0.4, -0.2) is 17.0 Å². The van der Waals surface area contributed by atoms with E-state index < -0.39 is 17.8 Å². The van der Waals surface area contributed by atoms with Crippen molar-refractivity contribution in [2.45, 2.75) is 18.8 Å². The number of carboxylic acids is 1. The molecular weight excluding hydrogens is 362 g/mol. The molecule has 3 aliphatic rings. The average Bonchev–Trinajstić information content (AvgIpc) is 2.74. The van der Waals surface area contributed by atoms with E-state index in [0.29, 0.717) is 5.69 Å². The largest absolute Gasteiger partial charge is 0.481 e. The fraction of sp³-hybridized carbons (Fsp3) is 0.200. The van der Waals surface area contributed by atoms with Gasteiger partial charge < -0.3 is 10.4 Å². The molecular formula is C25H21NO3. The minimum absolute atomic E-state index is 0.236. The smallest absolute Gasteiger partial charge is 0.308 e. The first-order valence-electron chi connectivity index (χ1n) is 9.84. The Hall–Kier alpha value is -3.40. The van der Waals surface area contributed by atoms with E-state index in [9.17, 15) is 14.7 Å². The molecule has 4 nitrogen and oxygen atoms in total. The molecule has 2 N–H and O–H groups in total. The number of anilines is 1. The summed E-state index contributed by atoms with van der Waals surface area (Å²) < 4.78 is 0. The molecule has 6 rings (SSSR count). The molecule has 3 aliphatic carbocycles. The number of carbonyl (C=O) groups excluding carboxylic acids is 1. The highest BCUT2D eigenvalue weighted by Gasteiger charge is 2.55. The van der Waals surface area contributed by atoms with Gasteiger partial charge in [0, 0.05) is 17.5 Å². The number of carboxylic acid groups (broad SMARTS) is 1. The standard InChI is InChI=1S/C25H21NO3/c1-14-10-12-15(13-11-14)26-24(27)22-20-16-6-2-4-8-18(16)21(23(22)25(28)29)19-9-5-3-7-17(19)20/h2-13,20-23H,1H3,(H,26,27)(H,28,29)/t20?,21?,22-,23+/m1/s1. The van der Waals surface area contributed by atoms with Gasteiger partial charge in [0.1, 0.15) is 0 Å². The molecule has 2 atom stereocenters. The second kappa shape index (κ2) is 6.59. The van der Waals surface area contributed by atoms with Crippen LogP contribution in [0.5, 0.6) is 0 Å². The van der Waals surface area contributed by atoms with E-state index in [1.807, 2.05) is 79.7 Å². The van der Waals surface area contributed by atoms with Crippen molar-refractivity contribution in [2.24, 2.45) is 11.8 Å². The SMILES string of the molecule is Cc1ccc(NC(=O)[C@@H]2C3c4ccccc4C(c4ccccc43)[C@@H]2C(=O)O)cc1. The van der Waals surface area contributed by atoms with Gasteiger partial charge in [-0.25, -0.2) is 0 Å². The maximum Gasteiger partial charge on any atom is 0.308 e. The lowest BCUT2D eigenvalue weighted by Crippen LogP contribution is -2.48. The molecule has 0 spiro atoms. The predicted molar refractivity (Wildman–Crippen MR) is 111 cm³/mol. The fourth-order valence-corrected chi connectivity index (χ4v) is 5.15. The first-order valence-corrected chi connectivity index (χ1v) is 9.84. The number of amides is 1. The fourth-order valence-electron chi connectivity index (χ4n) is 5.15. The lowest BCUT2D eigenvalue weighted by molar-refractivity contribution is -0.148. The van der Waals surface area contributed by atoms with Crippen molar-refractivity contribution in [1.82, 2.24) is 0 Å². The summed E-state index contributed by atoms with van der Waals surface area (Å²) in [6.07, 6.45) is 0. The number of aryl methyl sites for hydroxylation is 1. The van der Waals surface area contributed by atoms with Crippen molar-refractivity contribution in [3.8, 4) is 0 Å². The molecule has 2 bridgehead atoms. The molecule has 0 fully saturated rings. The van der Waals surface area contributed by atoms with Crippen molar-refractivity contribution >= 4 is 17.6 Å². The summed E-state index contributed by atoms with van der Waals surface area (Å²) in [6, 6.07) is 23.5. The van der Waals surface area contributed by atoms with E-state index in [1.165, 1.54) is 0 Å². The number of hydrogen-bond donors (Lipinski definition) is 2. The predicted octanol–water partition coefficient (Wildman–Crippen LogP) is 4.54. The zero-order valence-corrected chi connectivity index (χ0v) is 16.0. The molecule has 4 heteroatoms. The number of rotatable bonds is 3. The Morgan fingerprint density at radius 1 is 0.724 bits per heavy atom. The summed E-state index contributed by atoms with van der Waals surface area (Å²) in [5.74, 6) is -3.20. The minimum Gasteiger partial charge on any atom is -0.481 e.